The standard InChI is InChI=1S/C15H24N2O2/c1-4-12(2)16-10-15(18)17-9-13-7-5-6-8-14(13)11-19-3/h5-8,12,16H,4,9-11H2,1-3H3,(H,17,18). The molecule has 1 aromatic carbocycles. The molecule has 0 radical (unpaired) electrons. The van der Waals surface area contributed by atoms with Gasteiger partial charge in [-0.3, -0.25) is 4.79 Å². The van der Waals surface area contributed by atoms with Crippen LogP contribution in [0.1, 0.15) is 31.4 Å². The summed E-state index contributed by atoms with van der Waals surface area (Å²) in [5, 5.41) is 6.09. The zero-order chi connectivity index (χ0) is 14.1. The third-order valence-corrected chi connectivity index (χ3v) is 3.12. The first-order valence-corrected chi connectivity index (χ1v) is 6.73. The summed E-state index contributed by atoms with van der Waals surface area (Å²) in [6.07, 6.45) is 1.02. The van der Waals surface area contributed by atoms with Crippen LogP contribution < -0.4 is 10.6 Å². The Labute approximate surface area is 115 Å². The summed E-state index contributed by atoms with van der Waals surface area (Å²) in [6, 6.07) is 8.34. The fraction of sp³-hybridized carbons (Fsp3) is 0.533. The second kappa shape index (κ2) is 8.67. The molecule has 1 unspecified atom stereocenters. The molecule has 0 aromatic heterocycles. The van der Waals surface area contributed by atoms with E-state index in [0.29, 0.717) is 25.7 Å². The van der Waals surface area contributed by atoms with E-state index in [-0.39, 0.29) is 5.91 Å². The number of nitrogens with one attached hydrogen (secondary N) is 2. The van der Waals surface area contributed by atoms with Crippen molar-refractivity contribution < 1.29 is 9.53 Å². The second-order valence-corrected chi connectivity index (χ2v) is 4.67. The van der Waals surface area contributed by atoms with Gasteiger partial charge in [-0.1, -0.05) is 31.2 Å². The normalized spacial score (nSPS) is 12.2. The van der Waals surface area contributed by atoms with Gasteiger partial charge < -0.3 is 15.4 Å². The average Bonchev–Trinajstić information content (AvgIpc) is 2.44. The summed E-state index contributed by atoms with van der Waals surface area (Å²) in [5.41, 5.74) is 2.21. The summed E-state index contributed by atoms with van der Waals surface area (Å²) < 4.78 is 5.14. The van der Waals surface area contributed by atoms with Crippen LogP contribution >= 0.6 is 0 Å². The van der Waals surface area contributed by atoms with E-state index in [1.807, 2.05) is 24.3 Å². The molecule has 0 aliphatic rings. The van der Waals surface area contributed by atoms with Gasteiger partial charge in [-0.2, -0.15) is 0 Å². The number of hydrogen-bond donors (Lipinski definition) is 2. The number of rotatable bonds is 8. The van der Waals surface area contributed by atoms with Crippen molar-refractivity contribution in [2.45, 2.75) is 39.5 Å². The minimum absolute atomic E-state index is 0.0209. The number of carbonyl (C=O) groups excluding carboxylic acids is 1. The first-order valence-electron chi connectivity index (χ1n) is 6.73. The van der Waals surface area contributed by atoms with Crippen LogP contribution in [-0.4, -0.2) is 25.6 Å². The Morgan fingerprint density at radius 2 is 2.00 bits per heavy atom. The molecule has 4 nitrogen and oxygen atoms in total. The zero-order valence-corrected chi connectivity index (χ0v) is 12.0. The lowest BCUT2D eigenvalue weighted by Crippen LogP contribution is -2.37. The maximum atomic E-state index is 11.7. The Morgan fingerprint density at radius 1 is 1.32 bits per heavy atom. The Morgan fingerprint density at radius 3 is 2.63 bits per heavy atom. The molecule has 0 aliphatic heterocycles. The molecule has 0 aliphatic carbocycles. The number of carbonyl (C=O) groups is 1. The highest BCUT2D eigenvalue weighted by Crippen LogP contribution is 2.09. The zero-order valence-electron chi connectivity index (χ0n) is 12.0. The quantitative estimate of drug-likeness (QED) is 0.753. The molecule has 0 saturated carbocycles. The predicted molar refractivity (Wildman–Crippen MR) is 76.8 cm³/mol. The lowest BCUT2D eigenvalue weighted by atomic mass is 10.1. The summed E-state index contributed by atoms with van der Waals surface area (Å²) in [5.74, 6) is 0.0209. The molecule has 2 N–H and O–H groups in total. The van der Waals surface area contributed by atoms with Crippen molar-refractivity contribution in [1.29, 1.82) is 0 Å². The number of amides is 1. The van der Waals surface area contributed by atoms with E-state index < -0.39 is 0 Å². The predicted octanol–water partition coefficient (Wildman–Crippen LogP) is 1.84. The highest BCUT2D eigenvalue weighted by Gasteiger charge is 2.06. The third kappa shape index (κ3) is 5.85. The largest absolute Gasteiger partial charge is 0.380 e. The van der Waals surface area contributed by atoms with E-state index in [2.05, 4.69) is 24.5 Å². The molecular weight excluding hydrogens is 240 g/mol. The second-order valence-electron chi connectivity index (χ2n) is 4.67. The van der Waals surface area contributed by atoms with E-state index in [1.54, 1.807) is 7.11 Å². The monoisotopic (exact) mass is 264 g/mol. The van der Waals surface area contributed by atoms with E-state index in [4.69, 9.17) is 4.74 Å². The molecule has 1 aromatic rings. The van der Waals surface area contributed by atoms with E-state index in [1.165, 1.54) is 0 Å². The van der Waals surface area contributed by atoms with Crippen molar-refractivity contribution in [3.05, 3.63) is 35.4 Å². The molecule has 0 bridgehead atoms. The smallest absolute Gasteiger partial charge is 0.234 e. The van der Waals surface area contributed by atoms with Crippen LogP contribution in [0.2, 0.25) is 0 Å². The molecular formula is C15H24N2O2. The van der Waals surface area contributed by atoms with Crippen LogP contribution in [0.15, 0.2) is 24.3 Å². The van der Waals surface area contributed by atoms with Crippen molar-refractivity contribution in [1.82, 2.24) is 10.6 Å². The van der Waals surface area contributed by atoms with Crippen molar-refractivity contribution in [3.63, 3.8) is 0 Å². The SMILES string of the molecule is CCC(C)NCC(=O)NCc1ccccc1COC. The van der Waals surface area contributed by atoms with E-state index in [9.17, 15) is 4.79 Å². The van der Waals surface area contributed by atoms with Gasteiger partial charge >= 0.3 is 0 Å². The highest BCUT2D eigenvalue weighted by molar-refractivity contribution is 5.78. The molecule has 1 amide bonds. The van der Waals surface area contributed by atoms with Crippen molar-refractivity contribution in [2.75, 3.05) is 13.7 Å². The van der Waals surface area contributed by atoms with Crippen molar-refractivity contribution in [2.24, 2.45) is 0 Å². The minimum atomic E-state index is 0.0209. The molecule has 0 fully saturated rings. The van der Waals surface area contributed by atoms with E-state index in [0.717, 1.165) is 17.5 Å². The van der Waals surface area contributed by atoms with Crippen LogP contribution in [0, 0.1) is 0 Å². The number of benzene rings is 1. The van der Waals surface area contributed by atoms with Crippen LogP contribution in [0.4, 0.5) is 0 Å². The minimum Gasteiger partial charge on any atom is -0.380 e. The van der Waals surface area contributed by atoms with Crippen LogP contribution in [0.3, 0.4) is 0 Å². The maximum Gasteiger partial charge on any atom is 0.234 e. The Balaban J connectivity index is 2.41. The fourth-order valence-corrected chi connectivity index (χ4v) is 1.69. The van der Waals surface area contributed by atoms with Gasteiger partial charge in [0.25, 0.3) is 0 Å². The lowest BCUT2D eigenvalue weighted by Gasteiger charge is -2.12. The van der Waals surface area contributed by atoms with Crippen molar-refractivity contribution >= 4 is 5.91 Å². The molecule has 106 valence electrons. The first kappa shape index (κ1) is 15.7. The topological polar surface area (TPSA) is 50.4 Å². The fourth-order valence-electron chi connectivity index (χ4n) is 1.69. The van der Waals surface area contributed by atoms with Crippen molar-refractivity contribution in [3.8, 4) is 0 Å². The molecule has 1 atom stereocenters. The van der Waals surface area contributed by atoms with Gasteiger partial charge in [0.05, 0.1) is 13.2 Å². The van der Waals surface area contributed by atoms with E-state index >= 15 is 0 Å². The van der Waals surface area contributed by atoms with Gasteiger partial charge in [0.2, 0.25) is 5.91 Å². The molecule has 0 heterocycles. The van der Waals surface area contributed by atoms with Crippen LogP contribution in [0.5, 0.6) is 0 Å². The Bertz CT molecular complexity index is 393. The number of hydrogen-bond acceptors (Lipinski definition) is 3. The summed E-state index contributed by atoms with van der Waals surface area (Å²) >= 11 is 0. The third-order valence-electron chi connectivity index (χ3n) is 3.12. The van der Waals surface area contributed by atoms with Gasteiger partial charge in [0.1, 0.15) is 0 Å². The van der Waals surface area contributed by atoms with Gasteiger partial charge in [0.15, 0.2) is 0 Å². The average molecular weight is 264 g/mol. The molecule has 4 heteroatoms. The summed E-state index contributed by atoms with van der Waals surface area (Å²) in [4.78, 5) is 11.7. The molecule has 0 spiro atoms. The molecule has 0 saturated heterocycles. The molecule has 19 heavy (non-hydrogen) atoms. The van der Waals surface area contributed by atoms with Gasteiger partial charge in [-0.05, 0) is 24.5 Å². The van der Waals surface area contributed by atoms with Crippen LogP contribution in [-0.2, 0) is 22.7 Å². The van der Waals surface area contributed by atoms with Gasteiger partial charge in [-0.15, -0.1) is 0 Å². The summed E-state index contributed by atoms with van der Waals surface area (Å²) in [7, 11) is 1.67. The maximum absolute atomic E-state index is 11.7. The number of methoxy groups -OCH3 is 1. The Kier molecular flexibility index (Phi) is 7.15. The van der Waals surface area contributed by atoms with Gasteiger partial charge in [0, 0.05) is 19.7 Å². The van der Waals surface area contributed by atoms with Crippen LogP contribution in [0.25, 0.3) is 0 Å². The van der Waals surface area contributed by atoms with Gasteiger partial charge in [-0.25, -0.2) is 0 Å². The first-order chi connectivity index (χ1) is 9.17. The lowest BCUT2D eigenvalue weighted by molar-refractivity contribution is -0.120. The Hall–Kier alpha value is -1.39. The summed E-state index contributed by atoms with van der Waals surface area (Å²) in [6.45, 7) is 5.64. The highest BCUT2D eigenvalue weighted by atomic mass is 16.5. The molecule has 1 rings (SSSR count). The number of ether oxygens (including phenoxy) is 1.